The van der Waals surface area contributed by atoms with E-state index in [9.17, 15) is 0 Å². The van der Waals surface area contributed by atoms with Crippen molar-refractivity contribution in [2.45, 2.75) is 50.7 Å². The average molecular weight is 261 g/mol. The minimum Gasteiger partial charge on any atom is -0.375 e. The van der Waals surface area contributed by atoms with Gasteiger partial charge < -0.3 is 4.74 Å². The fraction of sp³-hybridized carbons (Fsp3) is 0.667. The van der Waals surface area contributed by atoms with Crippen LogP contribution in [0.4, 0.5) is 0 Å². The molecule has 1 aromatic heterocycles. The van der Waals surface area contributed by atoms with E-state index in [-0.39, 0.29) is 11.6 Å². The monoisotopic (exact) mass is 261 g/mol. The molecule has 0 amide bonds. The molecule has 4 nitrogen and oxygen atoms in total. The molecule has 0 radical (unpaired) electrons. The molecule has 3 N–H and O–H groups in total. The highest BCUT2D eigenvalue weighted by Crippen LogP contribution is 2.46. The summed E-state index contributed by atoms with van der Waals surface area (Å²) in [5, 5.41) is 0. The number of pyridine rings is 1. The lowest BCUT2D eigenvalue weighted by molar-refractivity contribution is -0.147. The summed E-state index contributed by atoms with van der Waals surface area (Å²) in [5.41, 5.74) is 5.55. The second-order valence-electron chi connectivity index (χ2n) is 6.08. The van der Waals surface area contributed by atoms with Crippen molar-refractivity contribution in [3.05, 3.63) is 29.6 Å². The average Bonchev–Trinajstić information content (AvgIpc) is 2.38. The van der Waals surface area contributed by atoms with E-state index in [1.54, 1.807) is 0 Å². The summed E-state index contributed by atoms with van der Waals surface area (Å²) in [7, 11) is 0. The molecule has 1 aliphatic heterocycles. The first-order valence-electron chi connectivity index (χ1n) is 7.24. The van der Waals surface area contributed by atoms with Crippen LogP contribution in [0.3, 0.4) is 0 Å². The number of ether oxygens (including phenoxy) is 1. The molecule has 1 spiro atoms. The first kappa shape index (κ1) is 13.0. The number of aromatic nitrogens is 1. The molecule has 1 aliphatic carbocycles. The lowest BCUT2D eigenvalue weighted by Gasteiger charge is -2.48. The third-order valence-electron chi connectivity index (χ3n) is 4.70. The number of aryl methyl sites for hydroxylation is 1. The number of nitrogens with two attached hydrogens (primary N) is 1. The van der Waals surface area contributed by atoms with Crippen LogP contribution in [0.25, 0.3) is 0 Å². The number of hydrazine groups is 1. The van der Waals surface area contributed by atoms with Gasteiger partial charge in [-0.3, -0.25) is 16.3 Å². The number of hydrogen-bond acceptors (Lipinski definition) is 4. The van der Waals surface area contributed by atoms with Crippen molar-refractivity contribution in [2.75, 3.05) is 6.61 Å². The van der Waals surface area contributed by atoms with Gasteiger partial charge in [0.1, 0.15) is 0 Å². The van der Waals surface area contributed by atoms with Gasteiger partial charge in [-0.2, -0.15) is 0 Å². The molecule has 0 bridgehead atoms. The Balaban J connectivity index is 1.78. The van der Waals surface area contributed by atoms with E-state index in [1.165, 1.54) is 30.4 Å². The summed E-state index contributed by atoms with van der Waals surface area (Å²) in [6, 6.07) is 2.37. The molecule has 2 aliphatic rings. The number of hydrogen-bond donors (Lipinski definition) is 2. The molecule has 3 rings (SSSR count). The van der Waals surface area contributed by atoms with Gasteiger partial charge in [0.15, 0.2) is 0 Å². The van der Waals surface area contributed by atoms with E-state index < -0.39 is 0 Å². The maximum atomic E-state index is 6.00. The predicted octanol–water partition coefficient (Wildman–Crippen LogP) is 2.24. The smallest absolute Gasteiger partial charge is 0.0686 e. The Morgan fingerprint density at radius 3 is 2.95 bits per heavy atom. The van der Waals surface area contributed by atoms with Crippen LogP contribution in [0.2, 0.25) is 0 Å². The van der Waals surface area contributed by atoms with Gasteiger partial charge in [-0.15, -0.1) is 0 Å². The van der Waals surface area contributed by atoms with Crippen LogP contribution in [0.1, 0.15) is 49.3 Å². The van der Waals surface area contributed by atoms with Crippen LogP contribution in [-0.4, -0.2) is 17.2 Å². The predicted molar refractivity (Wildman–Crippen MR) is 74.3 cm³/mol. The highest BCUT2D eigenvalue weighted by atomic mass is 16.5. The number of nitrogens with one attached hydrogen (secondary N) is 1. The molecule has 2 unspecified atom stereocenters. The summed E-state index contributed by atoms with van der Waals surface area (Å²) in [6.45, 7) is 2.93. The Morgan fingerprint density at radius 1 is 1.47 bits per heavy atom. The van der Waals surface area contributed by atoms with Crippen LogP contribution in [0, 0.1) is 12.8 Å². The standard InChI is InChI=1S/C15H23N3O/c1-11-7-13(10-17-9-11)14(18-16)12-3-6-19-15(8-12)4-2-5-15/h7,9-10,12,14,18H,2-6,8,16H2,1H3. The summed E-state index contributed by atoms with van der Waals surface area (Å²) in [4.78, 5) is 4.29. The third-order valence-corrected chi connectivity index (χ3v) is 4.70. The van der Waals surface area contributed by atoms with Gasteiger partial charge in [0.25, 0.3) is 0 Å². The first-order valence-corrected chi connectivity index (χ1v) is 7.24. The van der Waals surface area contributed by atoms with Crippen LogP contribution < -0.4 is 11.3 Å². The maximum Gasteiger partial charge on any atom is 0.0686 e. The van der Waals surface area contributed by atoms with Crippen molar-refractivity contribution in [3.8, 4) is 0 Å². The molecule has 19 heavy (non-hydrogen) atoms. The molecule has 2 heterocycles. The van der Waals surface area contributed by atoms with E-state index in [0.717, 1.165) is 19.4 Å². The maximum absolute atomic E-state index is 6.00. The van der Waals surface area contributed by atoms with Crippen molar-refractivity contribution < 1.29 is 4.74 Å². The van der Waals surface area contributed by atoms with E-state index >= 15 is 0 Å². The Kier molecular flexibility index (Phi) is 3.56. The van der Waals surface area contributed by atoms with E-state index in [4.69, 9.17) is 10.6 Å². The molecule has 0 aromatic carbocycles. The summed E-state index contributed by atoms with van der Waals surface area (Å²) < 4.78 is 6.00. The Bertz CT molecular complexity index is 445. The van der Waals surface area contributed by atoms with Crippen LogP contribution >= 0.6 is 0 Å². The summed E-state index contributed by atoms with van der Waals surface area (Å²) in [5.74, 6) is 6.36. The Hall–Kier alpha value is -0.970. The third kappa shape index (κ3) is 2.53. The molecular weight excluding hydrogens is 238 g/mol. The molecule has 104 valence electrons. The fourth-order valence-corrected chi connectivity index (χ4v) is 3.52. The van der Waals surface area contributed by atoms with Crippen LogP contribution in [0.15, 0.2) is 18.5 Å². The molecule has 2 fully saturated rings. The Morgan fingerprint density at radius 2 is 2.32 bits per heavy atom. The Labute approximate surface area is 114 Å². The van der Waals surface area contributed by atoms with E-state index in [1.807, 2.05) is 12.4 Å². The van der Waals surface area contributed by atoms with Gasteiger partial charge in [-0.1, -0.05) is 6.07 Å². The molecule has 1 saturated carbocycles. The normalized spacial score (nSPS) is 26.9. The first-order chi connectivity index (χ1) is 9.22. The SMILES string of the molecule is Cc1cncc(C(NN)C2CCOC3(CCC3)C2)c1. The van der Waals surface area contributed by atoms with Crippen LogP contribution in [-0.2, 0) is 4.74 Å². The van der Waals surface area contributed by atoms with Crippen molar-refractivity contribution in [3.63, 3.8) is 0 Å². The van der Waals surface area contributed by atoms with Crippen molar-refractivity contribution in [1.82, 2.24) is 10.4 Å². The van der Waals surface area contributed by atoms with E-state index in [0.29, 0.717) is 5.92 Å². The second kappa shape index (κ2) is 5.19. The topological polar surface area (TPSA) is 60.2 Å². The van der Waals surface area contributed by atoms with Crippen molar-refractivity contribution in [1.29, 1.82) is 0 Å². The van der Waals surface area contributed by atoms with Gasteiger partial charge in [0.05, 0.1) is 11.6 Å². The zero-order valence-corrected chi connectivity index (χ0v) is 11.6. The quantitative estimate of drug-likeness (QED) is 0.647. The molecule has 1 aromatic rings. The molecule has 1 saturated heterocycles. The summed E-state index contributed by atoms with van der Waals surface area (Å²) >= 11 is 0. The van der Waals surface area contributed by atoms with Gasteiger partial charge >= 0.3 is 0 Å². The van der Waals surface area contributed by atoms with Gasteiger partial charge in [0, 0.05) is 19.0 Å². The summed E-state index contributed by atoms with van der Waals surface area (Å²) in [6.07, 6.45) is 9.74. The lowest BCUT2D eigenvalue weighted by Crippen LogP contribution is -2.48. The van der Waals surface area contributed by atoms with Gasteiger partial charge in [-0.25, -0.2) is 0 Å². The lowest BCUT2D eigenvalue weighted by atomic mass is 9.70. The highest BCUT2D eigenvalue weighted by Gasteiger charge is 2.44. The zero-order valence-electron chi connectivity index (χ0n) is 11.6. The largest absolute Gasteiger partial charge is 0.375 e. The van der Waals surface area contributed by atoms with Gasteiger partial charge in [0.2, 0.25) is 0 Å². The second-order valence-corrected chi connectivity index (χ2v) is 6.08. The van der Waals surface area contributed by atoms with Crippen molar-refractivity contribution in [2.24, 2.45) is 11.8 Å². The fourth-order valence-electron chi connectivity index (χ4n) is 3.52. The molecule has 4 heteroatoms. The molecule has 2 atom stereocenters. The highest BCUT2D eigenvalue weighted by molar-refractivity contribution is 5.21. The van der Waals surface area contributed by atoms with E-state index in [2.05, 4.69) is 23.4 Å². The van der Waals surface area contributed by atoms with Crippen molar-refractivity contribution >= 4 is 0 Å². The minimum absolute atomic E-state index is 0.162. The minimum atomic E-state index is 0.162. The van der Waals surface area contributed by atoms with Gasteiger partial charge in [-0.05, 0) is 56.1 Å². The molecular formula is C15H23N3O. The number of nitrogens with zero attached hydrogens (tertiary/aromatic N) is 1. The number of rotatable bonds is 3. The van der Waals surface area contributed by atoms with Crippen LogP contribution in [0.5, 0.6) is 0 Å². The zero-order chi connectivity index (χ0) is 13.3.